The summed E-state index contributed by atoms with van der Waals surface area (Å²) in [6.07, 6.45) is 7.24. The van der Waals surface area contributed by atoms with Gasteiger partial charge in [-0.3, -0.25) is 9.20 Å². The summed E-state index contributed by atoms with van der Waals surface area (Å²) in [7, 11) is 0. The topological polar surface area (TPSA) is 98.4 Å². The number of aromatic nitrogens is 5. The van der Waals surface area contributed by atoms with Crippen LogP contribution in [0, 0.1) is 0 Å². The summed E-state index contributed by atoms with van der Waals surface area (Å²) in [6.45, 7) is 1.72. The maximum Gasteiger partial charge on any atom is 0.270 e. The highest BCUT2D eigenvalue weighted by Crippen LogP contribution is 2.23. The van der Waals surface area contributed by atoms with Crippen molar-refractivity contribution in [1.29, 1.82) is 0 Å². The van der Waals surface area contributed by atoms with E-state index in [0.29, 0.717) is 46.1 Å². The second-order valence-corrected chi connectivity index (χ2v) is 8.78. The molecule has 6 rings (SSSR count). The Bertz CT molecular complexity index is 1570. The number of hydrogen-bond donors (Lipinski definition) is 2. The minimum Gasteiger partial charge on any atom is -0.492 e. The van der Waals surface area contributed by atoms with E-state index in [0.717, 1.165) is 24.4 Å². The Morgan fingerprint density at radius 2 is 2.00 bits per heavy atom. The van der Waals surface area contributed by atoms with Gasteiger partial charge < -0.3 is 15.4 Å². The van der Waals surface area contributed by atoms with Crippen LogP contribution in [0.4, 0.5) is 11.6 Å². The number of hydrogen-bond acceptors (Lipinski definition) is 7. The first-order valence-electron chi connectivity index (χ1n) is 11.4. The van der Waals surface area contributed by atoms with Crippen LogP contribution in [0.5, 0.6) is 5.75 Å². The van der Waals surface area contributed by atoms with Crippen LogP contribution in [0.3, 0.4) is 0 Å². The number of halogens is 1. The van der Waals surface area contributed by atoms with Crippen molar-refractivity contribution < 1.29 is 4.74 Å². The van der Waals surface area contributed by atoms with Crippen LogP contribution < -0.4 is 20.9 Å². The van der Waals surface area contributed by atoms with Crippen LogP contribution in [0.25, 0.3) is 22.5 Å². The third-order valence-electron chi connectivity index (χ3n) is 6.07. The molecule has 0 bridgehead atoms. The fraction of sp³-hybridized carbons (Fsp3) is 0.200. The number of imidazole rings is 1. The molecule has 176 valence electrons. The van der Waals surface area contributed by atoms with Crippen LogP contribution >= 0.6 is 11.6 Å². The molecule has 1 saturated heterocycles. The Hall–Kier alpha value is -3.95. The van der Waals surface area contributed by atoms with Crippen molar-refractivity contribution in [2.45, 2.75) is 18.9 Å². The van der Waals surface area contributed by atoms with Gasteiger partial charge in [0.15, 0.2) is 5.65 Å². The number of rotatable bonds is 6. The summed E-state index contributed by atoms with van der Waals surface area (Å²) >= 11 is 6.38. The Kier molecular flexibility index (Phi) is 5.55. The quantitative estimate of drug-likeness (QED) is 0.374. The molecule has 1 aliphatic rings. The molecule has 0 spiro atoms. The molecule has 0 aliphatic carbocycles. The van der Waals surface area contributed by atoms with Gasteiger partial charge in [-0.15, -0.1) is 0 Å². The molecule has 1 atom stereocenters. The molecule has 2 aromatic carbocycles. The van der Waals surface area contributed by atoms with Gasteiger partial charge in [-0.1, -0.05) is 23.7 Å². The molecule has 9 nitrogen and oxygen atoms in total. The van der Waals surface area contributed by atoms with E-state index in [2.05, 4.69) is 25.6 Å². The number of anilines is 2. The SMILES string of the molecule is O=c1c2cnc(Nc3ccc(OC[C@@H]4CCCN4)cc3)nc2n2ccnc2n1-c1ccccc1Cl. The average Bonchev–Trinajstić information content (AvgIpc) is 3.57. The van der Waals surface area contributed by atoms with E-state index in [4.69, 9.17) is 16.3 Å². The minimum absolute atomic E-state index is 0.295. The highest BCUT2D eigenvalue weighted by molar-refractivity contribution is 6.32. The molecule has 3 aromatic heterocycles. The zero-order valence-corrected chi connectivity index (χ0v) is 19.4. The van der Waals surface area contributed by atoms with Crippen molar-refractivity contribution in [3.63, 3.8) is 0 Å². The van der Waals surface area contributed by atoms with E-state index in [1.165, 1.54) is 17.2 Å². The molecule has 1 aliphatic heterocycles. The van der Waals surface area contributed by atoms with Gasteiger partial charge in [-0.25, -0.2) is 14.5 Å². The Morgan fingerprint density at radius 1 is 1.14 bits per heavy atom. The van der Waals surface area contributed by atoms with Gasteiger partial charge in [0.05, 0.1) is 10.7 Å². The van der Waals surface area contributed by atoms with E-state index in [-0.39, 0.29) is 5.56 Å². The molecule has 0 saturated carbocycles. The van der Waals surface area contributed by atoms with Crippen molar-refractivity contribution in [2.75, 3.05) is 18.5 Å². The van der Waals surface area contributed by atoms with Gasteiger partial charge in [0.2, 0.25) is 11.7 Å². The van der Waals surface area contributed by atoms with Crippen LogP contribution in [-0.2, 0) is 0 Å². The summed E-state index contributed by atoms with van der Waals surface area (Å²) in [5, 5.41) is 7.42. The molecule has 0 unspecified atom stereocenters. The van der Waals surface area contributed by atoms with E-state index < -0.39 is 0 Å². The molecule has 5 aromatic rings. The second-order valence-electron chi connectivity index (χ2n) is 8.37. The maximum atomic E-state index is 13.4. The first kappa shape index (κ1) is 21.6. The van der Waals surface area contributed by atoms with Crippen molar-refractivity contribution >= 4 is 40.0 Å². The van der Waals surface area contributed by atoms with Crippen LogP contribution in [0.1, 0.15) is 12.8 Å². The van der Waals surface area contributed by atoms with Crippen LogP contribution in [0.2, 0.25) is 5.02 Å². The van der Waals surface area contributed by atoms with Gasteiger partial charge in [-0.2, -0.15) is 4.98 Å². The normalized spacial score (nSPS) is 15.6. The van der Waals surface area contributed by atoms with Crippen molar-refractivity contribution in [2.24, 2.45) is 0 Å². The Labute approximate surface area is 205 Å². The zero-order chi connectivity index (χ0) is 23.8. The molecule has 1 fully saturated rings. The van der Waals surface area contributed by atoms with Crippen molar-refractivity contribution in [3.05, 3.63) is 82.5 Å². The molecule has 0 radical (unpaired) electrons. The van der Waals surface area contributed by atoms with Crippen LogP contribution in [-0.4, -0.2) is 43.1 Å². The van der Waals surface area contributed by atoms with Gasteiger partial charge in [-0.05, 0) is 55.8 Å². The number of nitrogens with zero attached hydrogens (tertiary/aromatic N) is 5. The molecule has 10 heteroatoms. The second kappa shape index (κ2) is 9.01. The van der Waals surface area contributed by atoms with Crippen LogP contribution in [0.15, 0.2) is 71.9 Å². The summed E-state index contributed by atoms with van der Waals surface area (Å²) in [5.74, 6) is 1.59. The minimum atomic E-state index is -0.295. The fourth-order valence-electron chi connectivity index (χ4n) is 4.31. The Morgan fingerprint density at radius 3 is 2.80 bits per heavy atom. The summed E-state index contributed by atoms with van der Waals surface area (Å²) < 4.78 is 9.11. The lowest BCUT2D eigenvalue weighted by Crippen LogP contribution is -2.28. The largest absolute Gasteiger partial charge is 0.492 e. The van der Waals surface area contributed by atoms with Gasteiger partial charge in [0, 0.05) is 30.3 Å². The summed E-state index contributed by atoms with van der Waals surface area (Å²) in [6, 6.07) is 15.2. The predicted molar refractivity (Wildman–Crippen MR) is 135 cm³/mol. The van der Waals surface area contributed by atoms with E-state index in [1.807, 2.05) is 36.4 Å². The number of nitrogens with one attached hydrogen (secondary N) is 2. The molecular formula is C25H22ClN7O2. The van der Waals surface area contributed by atoms with Gasteiger partial charge in [0.1, 0.15) is 17.7 Å². The zero-order valence-electron chi connectivity index (χ0n) is 18.7. The van der Waals surface area contributed by atoms with Gasteiger partial charge in [0.25, 0.3) is 5.56 Å². The van der Waals surface area contributed by atoms with Crippen molar-refractivity contribution in [3.8, 4) is 11.4 Å². The third-order valence-corrected chi connectivity index (χ3v) is 6.39. The highest BCUT2D eigenvalue weighted by Gasteiger charge is 2.17. The molecule has 0 amide bonds. The monoisotopic (exact) mass is 487 g/mol. The van der Waals surface area contributed by atoms with E-state index in [9.17, 15) is 4.79 Å². The molecule has 4 heterocycles. The lowest BCUT2D eigenvalue weighted by Gasteiger charge is -2.13. The molecule has 2 N–H and O–H groups in total. The third kappa shape index (κ3) is 4.09. The number of fused-ring (bicyclic) bond motifs is 3. The molecular weight excluding hydrogens is 466 g/mol. The summed E-state index contributed by atoms with van der Waals surface area (Å²) in [4.78, 5) is 26.8. The van der Waals surface area contributed by atoms with E-state index >= 15 is 0 Å². The average molecular weight is 488 g/mol. The lowest BCUT2D eigenvalue weighted by atomic mass is 10.2. The maximum absolute atomic E-state index is 13.4. The van der Waals surface area contributed by atoms with Crippen molar-refractivity contribution in [1.82, 2.24) is 29.2 Å². The highest BCUT2D eigenvalue weighted by atomic mass is 35.5. The number of para-hydroxylation sites is 1. The predicted octanol–water partition coefficient (Wildman–Crippen LogP) is 3.96. The first-order valence-corrected chi connectivity index (χ1v) is 11.8. The van der Waals surface area contributed by atoms with Gasteiger partial charge >= 0.3 is 0 Å². The number of ether oxygens (including phenoxy) is 1. The number of benzene rings is 2. The molecule has 35 heavy (non-hydrogen) atoms. The fourth-order valence-corrected chi connectivity index (χ4v) is 4.53. The Balaban J connectivity index is 1.31. The summed E-state index contributed by atoms with van der Waals surface area (Å²) in [5.41, 5.74) is 1.51. The standard InChI is InChI=1S/C25H22ClN7O2/c26-20-5-1-2-6-21(20)33-23(34)19-14-29-24(31-22(19)32-13-12-28-25(32)33)30-16-7-9-18(10-8-16)35-15-17-4-3-11-27-17/h1-2,5-10,12-14,17,27H,3-4,11,15H2,(H,29,30,31)/t17-/m0/s1. The smallest absolute Gasteiger partial charge is 0.270 e. The lowest BCUT2D eigenvalue weighted by molar-refractivity contribution is 0.277. The van der Waals surface area contributed by atoms with E-state index in [1.54, 1.807) is 28.9 Å². The first-order chi connectivity index (χ1) is 17.2.